The van der Waals surface area contributed by atoms with Gasteiger partial charge in [0, 0.05) is 18.0 Å². The molecule has 1 saturated heterocycles. The summed E-state index contributed by atoms with van der Waals surface area (Å²) in [6, 6.07) is 5.47. The number of sulfonamides is 1. The van der Waals surface area contributed by atoms with E-state index in [0.717, 1.165) is 29.7 Å². The number of fused-ring (bicyclic) bond motifs is 1. The summed E-state index contributed by atoms with van der Waals surface area (Å²) in [6.45, 7) is 0.481. The number of nitrogens with two attached hydrogens (primary N) is 1. The fourth-order valence-corrected chi connectivity index (χ4v) is 6.61. The summed E-state index contributed by atoms with van der Waals surface area (Å²) in [5.74, 6) is -2.07. The number of anilines is 1. The van der Waals surface area contributed by atoms with Gasteiger partial charge in [-0.25, -0.2) is 13.2 Å². The molecule has 3 N–H and O–H groups in total. The minimum absolute atomic E-state index is 0.00468. The van der Waals surface area contributed by atoms with Crippen LogP contribution in [0.15, 0.2) is 29.2 Å². The zero-order valence-corrected chi connectivity index (χ0v) is 19.3. The molecule has 2 amide bonds. The lowest BCUT2D eigenvalue weighted by Gasteiger charge is -2.26. The molecule has 0 unspecified atom stereocenters. The van der Waals surface area contributed by atoms with E-state index in [-0.39, 0.29) is 23.5 Å². The molecule has 0 radical (unpaired) electrons. The van der Waals surface area contributed by atoms with E-state index >= 15 is 0 Å². The van der Waals surface area contributed by atoms with Crippen LogP contribution in [-0.2, 0) is 37.1 Å². The van der Waals surface area contributed by atoms with E-state index in [9.17, 15) is 22.8 Å². The third-order valence-corrected chi connectivity index (χ3v) is 8.53. The number of aryl methyl sites for hydroxylation is 1. The van der Waals surface area contributed by atoms with E-state index in [2.05, 4.69) is 5.32 Å². The molecule has 176 valence electrons. The monoisotopic (exact) mass is 493 g/mol. The van der Waals surface area contributed by atoms with Crippen molar-refractivity contribution >= 4 is 44.1 Å². The predicted molar refractivity (Wildman–Crippen MR) is 120 cm³/mol. The highest BCUT2D eigenvalue weighted by Crippen LogP contribution is 2.38. The van der Waals surface area contributed by atoms with Crippen molar-refractivity contribution in [3.63, 3.8) is 0 Å². The number of nitrogens with zero attached hydrogens (tertiary/aromatic N) is 1. The molecule has 1 fully saturated rings. The molecule has 0 atom stereocenters. The van der Waals surface area contributed by atoms with Crippen molar-refractivity contribution in [2.75, 3.05) is 38.2 Å². The van der Waals surface area contributed by atoms with Crippen LogP contribution in [0.25, 0.3) is 0 Å². The summed E-state index contributed by atoms with van der Waals surface area (Å²) >= 11 is 1.30. The number of esters is 1. The number of ether oxygens (including phenoxy) is 2. The molecule has 1 aromatic carbocycles. The second-order valence-corrected chi connectivity index (χ2v) is 10.6. The minimum Gasteiger partial charge on any atom is -0.452 e. The van der Waals surface area contributed by atoms with Gasteiger partial charge in [0.05, 0.1) is 29.2 Å². The van der Waals surface area contributed by atoms with E-state index in [4.69, 9.17) is 15.2 Å². The van der Waals surface area contributed by atoms with Gasteiger partial charge in [-0.05, 0) is 43.0 Å². The fourth-order valence-electron chi connectivity index (χ4n) is 3.85. The molecular weight excluding hydrogens is 470 g/mol. The molecule has 1 aliphatic carbocycles. The van der Waals surface area contributed by atoms with Gasteiger partial charge in [-0.15, -0.1) is 11.3 Å². The van der Waals surface area contributed by atoms with Crippen LogP contribution in [0.4, 0.5) is 5.00 Å². The van der Waals surface area contributed by atoms with Gasteiger partial charge < -0.3 is 20.5 Å². The molecular formula is C21H23N3O7S2. The Kier molecular flexibility index (Phi) is 6.79. The molecule has 2 aromatic rings. The highest BCUT2D eigenvalue weighted by atomic mass is 32.2. The Morgan fingerprint density at radius 1 is 1.18 bits per heavy atom. The number of morpholine rings is 1. The number of benzene rings is 1. The maximum absolute atomic E-state index is 12.8. The van der Waals surface area contributed by atoms with Crippen molar-refractivity contribution < 1.29 is 32.3 Å². The van der Waals surface area contributed by atoms with E-state index in [1.807, 2.05) is 0 Å². The lowest BCUT2D eigenvalue weighted by Crippen LogP contribution is -2.40. The van der Waals surface area contributed by atoms with Crippen LogP contribution in [0.5, 0.6) is 0 Å². The van der Waals surface area contributed by atoms with Gasteiger partial charge in [-0.3, -0.25) is 9.59 Å². The van der Waals surface area contributed by atoms with Crippen LogP contribution in [0.2, 0.25) is 0 Å². The Morgan fingerprint density at radius 2 is 1.94 bits per heavy atom. The maximum atomic E-state index is 12.8. The molecule has 0 bridgehead atoms. The van der Waals surface area contributed by atoms with E-state index < -0.39 is 34.4 Å². The maximum Gasteiger partial charge on any atom is 0.338 e. The largest absolute Gasteiger partial charge is 0.452 e. The molecule has 4 rings (SSSR count). The SMILES string of the molecule is NC(=O)c1c(NC(=O)COC(=O)c2cccc(S(=O)(=O)N3CCOCC3)c2)sc2c1CCC2. The Morgan fingerprint density at radius 3 is 2.67 bits per heavy atom. The molecule has 2 heterocycles. The van der Waals surface area contributed by atoms with Gasteiger partial charge in [0.2, 0.25) is 10.0 Å². The Hall–Kier alpha value is -2.80. The lowest BCUT2D eigenvalue weighted by molar-refractivity contribution is -0.119. The molecule has 0 spiro atoms. The van der Waals surface area contributed by atoms with Gasteiger partial charge in [-0.2, -0.15) is 4.31 Å². The Labute approximate surface area is 194 Å². The van der Waals surface area contributed by atoms with Crippen LogP contribution < -0.4 is 11.1 Å². The third kappa shape index (κ3) is 4.93. The van der Waals surface area contributed by atoms with Crippen LogP contribution in [0.1, 0.15) is 37.6 Å². The van der Waals surface area contributed by atoms with Crippen LogP contribution in [0.3, 0.4) is 0 Å². The van der Waals surface area contributed by atoms with Crippen LogP contribution in [0, 0.1) is 0 Å². The Bertz CT molecular complexity index is 1200. The van der Waals surface area contributed by atoms with E-state index in [0.29, 0.717) is 23.8 Å². The van der Waals surface area contributed by atoms with E-state index in [1.54, 1.807) is 0 Å². The molecule has 12 heteroatoms. The van der Waals surface area contributed by atoms with Gasteiger partial charge in [-0.1, -0.05) is 6.07 Å². The molecule has 1 aliphatic heterocycles. The summed E-state index contributed by atoms with van der Waals surface area (Å²) in [5.41, 5.74) is 6.67. The quantitative estimate of drug-likeness (QED) is 0.550. The van der Waals surface area contributed by atoms with Gasteiger partial charge in [0.1, 0.15) is 5.00 Å². The summed E-state index contributed by atoms with van der Waals surface area (Å²) in [4.78, 5) is 37.6. The lowest BCUT2D eigenvalue weighted by atomic mass is 10.1. The van der Waals surface area contributed by atoms with Crippen molar-refractivity contribution in [2.24, 2.45) is 5.73 Å². The Balaban J connectivity index is 1.40. The first kappa shape index (κ1) is 23.4. The van der Waals surface area contributed by atoms with Crippen molar-refractivity contribution in [1.29, 1.82) is 0 Å². The van der Waals surface area contributed by atoms with Crippen molar-refractivity contribution in [2.45, 2.75) is 24.2 Å². The number of hydrogen-bond acceptors (Lipinski definition) is 8. The number of amides is 2. The van der Waals surface area contributed by atoms with Crippen molar-refractivity contribution in [3.8, 4) is 0 Å². The second-order valence-electron chi connectivity index (χ2n) is 7.59. The van der Waals surface area contributed by atoms with Crippen LogP contribution in [-0.4, -0.2) is 63.4 Å². The normalized spacial score (nSPS) is 16.2. The highest BCUT2D eigenvalue weighted by Gasteiger charge is 2.28. The number of rotatable bonds is 7. The first-order chi connectivity index (χ1) is 15.8. The van der Waals surface area contributed by atoms with Crippen LogP contribution >= 0.6 is 11.3 Å². The van der Waals surface area contributed by atoms with Crippen molar-refractivity contribution in [1.82, 2.24) is 4.31 Å². The number of carbonyl (C=O) groups excluding carboxylic acids is 3. The molecule has 0 saturated carbocycles. The van der Waals surface area contributed by atoms with Gasteiger partial charge in [0.15, 0.2) is 6.61 Å². The first-order valence-electron chi connectivity index (χ1n) is 10.4. The number of primary amides is 1. The average Bonchev–Trinajstić information content (AvgIpc) is 3.38. The predicted octanol–water partition coefficient (Wildman–Crippen LogP) is 1.15. The summed E-state index contributed by atoms with van der Waals surface area (Å²) in [6.07, 6.45) is 2.50. The summed E-state index contributed by atoms with van der Waals surface area (Å²) < 4.78 is 37.1. The molecule has 33 heavy (non-hydrogen) atoms. The standard InChI is InChI=1S/C21H23N3O7S2/c22-19(26)18-15-5-2-6-16(15)32-20(18)23-17(25)12-31-21(27)13-3-1-4-14(11-13)33(28,29)24-7-9-30-10-8-24/h1,3-4,11H,2,5-10,12H2,(H2,22,26)(H,23,25). The van der Waals surface area contributed by atoms with E-state index in [1.165, 1.54) is 39.9 Å². The van der Waals surface area contributed by atoms with Crippen molar-refractivity contribution in [3.05, 3.63) is 45.8 Å². The second kappa shape index (κ2) is 9.59. The fraction of sp³-hybridized carbons (Fsp3) is 0.381. The topological polar surface area (TPSA) is 145 Å². The highest BCUT2D eigenvalue weighted by molar-refractivity contribution is 7.89. The number of hydrogen-bond donors (Lipinski definition) is 2. The first-order valence-corrected chi connectivity index (χ1v) is 12.6. The number of nitrogens with one attached hydrogen (secondary N) is 1. The number of thiophene rings is 1. The summed E-state index contributed by atoms with van der Waals surface area (Å²) in [5, 5.41) is 2.95. The molecule has 2 aliphatic rings. The third-order valence-electron chi connectivity index (χ3n) is 5.43. The average molecular weight is 494 g/mol. The smallest absolute Gasteiger partial charge is 0.338 e. The van der Waals surface area contributed by atoms with Gasteiger partial charge in [0.25, 0.3) is 11.8 Å². The zero-order valence-electron chi connectivity index (χ0n) is 17.7. The summed E-state index contributed by atoms with van der Waals surface area (Å²) in [7, 11) is -3.78. The minimum atomic E-state index is -3.78. The molecule has 1 aromatic heterocycles. The number of carbonyl (C=O) groups is 3. The van der Waals surface area contributed by atoms with Gasteiger partial charge >= 0.3 is 5.97 Å². The zero-order chi connectivity index (χ0) is 23.6. The molecule has 10 nitrogen and oxygen atoms in total.